The maximum absolute atomic E-state index is 13.9. The maximum atomic E-state index is 13.9. The Bertz CT molecular complexity index is 1000. The molecule has 0 spiro atoms. The molecular weight excluding hydrogens is 472 g/mol. The molecular formula is C28H42N4O5. The van der Waals surface area contributed by atoms with Gasteiger partial charge in [0.2, 0.25) is 23.5 Å². The van der Waals surface area contributed by atoms with Crippen LogP contribution in [0.1, 0.15) is 79.6 Å². The Hall–Kier alpha value is -2.45. The first kappa shape index (κ1) is 26.2. The molecule has 204 valence electrons. The zero-order valence-corrected chi connectivity index (χ0v) is 22.8. The van der Waals surface area contributed by atoms with Gasteiger partial charge in [0, 0.05) is 18.5 Å². The van der Waals surface area contributed by atoms with E-state index < -0.39 is 35.2 Å². The fourth-order valence-corrected chi connectivity index (χ4v) is 6.05. The van der Waals surface area contributed by atoms with Crippen molar-refractivity contribution in [2.45, 2.75) is 104 Å². The molecule has 0 radical (unpaired) electrons. The number of hydrogen-bond acceptors (Lipinski definition) is 5. The molecule has 4 amide bonds. The second-order valence-electron chi connectivity index (χ2n) is 13.8. The van der Waals surface area contributed by atoms with Gasteiger partial charge in [0.05, 0.1) is 6.04 Å². The third kappa shape index (κ3) is 5.41. The van der Waals surface area contributed by atoms with Crippen LogP contribution in [0, 0.1) is 34.5 Å². The van der Waals surface area contributed by atoms with E-state index in [1.54, 1.807) is 4.90 Å². The van der Waals surface area contributed by atoms with Gasteiger partial charge in [0.15, 0.2) is 0 Å². The van der Waals surface area contributed by atoms with Crippen LogP contribution in [0.5, 0.6) is 0 Å². The van der Waals surface area contributed by atoms with Gasteiger partial charge >= 0.3 is 0 Å². The van der Waals surface area contributed by atoms with E-state index >= 15 is 0 Å². The lowest BCUT2D eigenvalue weighted by atomic mass is 9.85. The number of piperidine rings is 1. The van der Waals surface area contributed by atoms with Crippen LogP contribution in [-0.4, -0.2) is 65.0 Å². The third-order valence-electron chi connectivity index (χ3n) is 9.14. The number of amides is 4. The molecule has 5 fully saturated rings. The summed E-state index contributed by atoms with van der Waals surface area (Å²) < 4.78 is 0. The molecule has 4 aliphatic carbocycles. The van der Waals surface area contributed by atoms with E-state index in [1.165, 1.54) is 0 Å². The summed E-state index contributed by atoms with van der Waals surface area (Å²) in [6, 6.07) is -2.30. The number of carbonyl (C=O) groups is 5. The Morgan fingerprint density at radius 1 is 0.919 bits per heavy atom. The minimum atomic E-state index is -0.885. The van der Waals surface area contributed by atoms with Crippen molar-refractivity contribution in [2.24, 2.45) is 34.5 Å². The number of rotatable bonds is 10. The number of likely N-dealkylation sites (tertiary alicyclic amines) is 1. The third-order valence-corrected chi connectivity index (χ3v) is 9.14. The summed E-state index contributed by atoms with van der Waals surface area (Å²) in [6.45, 7) is 10.4. The average Bonchev–Trinajstić information content (AvgIpc) is 3.61. The minimum absolute atomic E-state index is 0.0202. The second-order valence-corrected chi connectivity index (χ2v) is 13.8. The zero-order valence-electron chi connectivity index (χ0n) is 22.8. The van der Waals surface area contributed by atoms with Gasteiger partial charge in [-0.15, -0.1) is 0 Å². The summed E-state index contributed by atoms with van der Waals surface area (Å²) in [7, 11) is 0. The molecule has 4 saturated carbocycles. The van der Waals surface area contributed by atoms with E-state index in [0.717, 1.165) is 38.5 Å². The van der Waals surface area contributed by atoms with Gasteiger partial charge in [0.25, 0.3) is 5.91 Å². The number of nitrogens with zero attached hydrogens (tertiary/aromatic N) is 1. The molecule has 37 heavy (non-hydrogen) atoms. The number of Topliss-reactive ketones (excluding diaryl/α,β-unsaturated/α-hetero) is 1. The van der Waals surface area contributed by atoms with Crippen LogP contribution in [0.15, 0.2) is 0 Å². The molecule has 0 aromatic rings. The van der Waals surface area contributed by atoms with Crippen LogP contribution in [0.2, 0.25) is 0 Å². The average molecular weight is 515 g/mol. The molecule has 1 saturated heterocycles. The Morgan fingerprint density at radius 3 is 2.11 bits per heavy atom. The molecule has 0 aromatic heterocycles. The second kappa shape index (κ2) is 9.09. The van der Waals surface area contributed by atoms with Crippen LogP contribution in [-0.2, 0) is 24.0 Å². The van der Waals surface area contributed by atoms with E-state index in [2.05, 4.69) is 29.8 Å². The van der Waals surface area contributed by atoms with Crippen molar-refractivity contribution in [2.75, 3.05) is 6.54 Å². The van der Waals surface area contributed by atoms with Gasteiger partial charge in [-0.25, -0.2) is 0 Å². The first-order valence-electron chi connectivity index (χ1n) is 14.0. The van der Waals surface area contributed by atoms with Crippen molar-refractivity contribution in [3.05, 3.63) is 0 Å². The summed E-state index contributed by atoms with van der Waals surface area (Å²) >= 11 is 0. The van der Waals surface area contributed by atoms with Crippen molar-refractivity contribution >= 4 is 29.4 Å². The molecule has 9 nitrogen and oxygen atoms in total. The highest BCUT2D eigenvalue weighted by atomic mass is 16.2. The number of ketones is 1. The van der Waals surface area contributed by atoms with Crippen molar-refractivity contribution in [1.82, 2.24) is 20.9 Å². The van der Waals surface area contributed by atoms with Crippen LogP contribution >= 0.6 is 0 Å². The molecule has 5 rings (SSSR count). The van der Waals surface area contributed by atoms with Crippen molar-refractivity contribution in [3.8, 4) is 0 Å². The molecule has 1 unspecified atom stereocenters. The Kier molecular flexibility index (Phi) is 6.43. The Balaban J connectivity index is 1.33. The topological polar surface area (TPSA) is 125 Å². The van der Waals surface area contributed by atoms with Crippen LogP contribution in [0.3, 0.4) is 0 Å². The number of carbonyl (C=O) groups excluding carboxylic acids is 5. The van der Waals surface area contributed by atoms with Gasteiger partial charge in [-0.2, -0.15) is 0 Å². The lowest BCUT2D eigenvalue weighted by Crippen LogP contribution is -2.60. The SMILES string of the molecule is CC(C)(C)[C@H](NC(=O)C1CC1)C(=O)N1C[C@H]2[C@@H]([C@H]1C(=O)NC(CC1CC1)C(=O)C(=O)NC1CC1)C2(C)C. The van der Waals surface area contributed by atoms with E-state index in [9.17, 15) is 24.0 Å². The summed E-state index contributed by atoms with van der Waals surface area (Å²) in [4.78, 5) is 67.5. The minimum Gasteiger partial charge on any atom is -0.347 e. The highest BCUT2D eigenvalue weighted by Gasteiger charge is 2.70. The predicted molar refractivity (Wildman–Crippen MR) is 136 cm³/mol. The highest BCUT2D eigenvalue weighted by Crippen LogP contribution is 2.65. The smallest absolute Gasteiger partial charge is 0.289 e. The molecule has 9 heteroatoms. The van der Waals surface area contributed by atoms with Crippen LogP contribution < -0.4 is 16.0 Å². The number of nitrogens with one attached hydrogen (secondary N) is 3. The van der Waals surface area contributed by atoms with Gasteiger partial charge in [-0.3, -0.25) is 24.0 Å². The molecule has 0 bridgehead atoms. The molecule has 1 heterocycles. The van der Waals surface area contributed by atoms with Crippen molar-refractivity contribution in [1.29, 1.82) is 0 Å². The van der Waals surface area contributed by atoms with E-state index in [-0.39, 0.29) is 46.9 Å². The molecule has 1 aliphatic heterocycles. The highest BCUT2D eigenvalue weighted by molar-refractivity contribution is 6.38. The Morgan fingerprint density at radius 2 is 1.57 bits per heavy atom. The largest absolute Gasteiger partial charge is 0.347 e. The summed E-state index contributed by atoms with van der Waals surface area (Å²) in [6.07, 6.45) is 5.86. The van der Waals surface area contributed by atoms with Gasteiger partial charge < -0.3 is 20.9 Å². The fourth-order valence-electron chi connectivity index (χ4n) is 6.05. The molecule has 5 atom stereocenters. The predicted octanol–water partition coefficient (Wildman–Crippen LogP) is 1.54. The molecule has 5 aliphatic rings. The normalized spacial score (nSPS) is 29.5. The monoisotopic (exact) mass is 514 g/mol. The van der Waals surface area contributed by atoms with Crippen LogP contribution in [0.4, 0.5) is 0 Å². The van der Waals surface area contributed by atoms with E-state index in [0.29, 0.717) is 18.9 Å². The lowest BCUT2D eigenvalue weighted by molar-refractivity contribution is -0.146. The van der Waals surface area contributed by atoms with Gasteiger partial charge in [0.1, 0.15) is 12.1 Å². The standard InChI is InChI=1S/C28H42N4O5/c1-27(2,3)22(31-23(34)15-8-9-15)26(37)32-13-17-19(28(17,4)5)20(32)24(35)30-18(12-14-6-7-14)21(33)25(36)29-16-10-11-16/h14-20,22H,6-13H2,1-5H3,(H,29,36)(H,30,35)(H,31,34)/t17-,18?,19-,20-,22+/m0/s1. The van der Waals surface area contributed by atoms with Crippen LogP contribution in [0.25, 0.3) is 0 Å². The molecule has 3 N–H and O–H groups in total. The van der Waals surface area contributed by atoms with Gasteiger partial charge in [-0.1, -0.05) is 47.5 Å². The zero-order chi connectivity index (χ0) is 26.9. The summed E-state index contributed by atoms with van der Waals surface area (Å²) in [5.74, 6) is -1.48. The first-order chi connectivity index (χ1) is 17.3. The fraction of sp³-hybridized carbons (Fsp3) is 0.821. The van der Waals surface area contributed by atoms with Crippen molar-refractivity contribution in [3.63, 3.8) is 0 Å². The quantitative estimate of drug-likeness (QED) is 0.382. The van der Waals surface area contributed by atoms with E-state index in [4.69, 9.17) is 0 Å². The summed E-state index contributed by atoms with van der Waals surface area (Å²) in [5, 5.41) is 8.62. The molecule has 0 aromatic carbocycles. The van der Waals surface area contributed by atoms with Crippen molar-refractivity contribution < 1.29 is 24.0 Å². The number of hydrogen-bond donors (Lipinski definition) is 3. The Labute approximate surface area is 219 Å². The van der Waals surface area contributed by atoms with Gasteiger partial charge in [-0.05, 0) is 60.7 Å². The first-order valence-corrected chi connectivity index (χ1v) is 14.0. The summed E-state index contributed by atoms with van der Waals surface area (Å²) in [5.41, 5.74) is -0.622. The lowest BCUT2D eigenvalue weighted by Gasteiger charge is -2.38. The van der Waals surface area contributed by atoms with E-state index in [1.807, 2.05) is 20.8 Å². The number of fused-ring (bicyclic) bond motifs is 1. The maximum Gasteiger partial charge on any atom is 0.289 e.